The second-order valence-electron chi connectivity index (χ2n) is 5.59. The van der Waals surface area contributed by atoms with Gasteiger partial charge in [-0.05, 0) is 43.7 Å². The van der Waals surface area contributed by atoms with Crippen molar-refractivity contribution in [3.05, 3.63) is 47.8 Å². The van der Waals surface area contributed by atoms with E-state index in [4.69, 9.17) is 5.73 Å². The number of nitrogens with zero attached hydrogens (tertiary/aromatic N) is 3. The molecule has 2 N–H and O–H groups in total. The summed E-state index contributed by atoms with van der Waals surface area (Å²) in [6.07, 6.45) is 3.19. The summed E-state index contributed by atoms with van der Waals surface area (Å²) in [5.41, 5.74) is 8.96. The highest BCUT2D eigenvalue weighted by Gasteiger charge is 2.09. The van der Waals surface area contributed by atoms with Crippen LogP contribution in [-0.2, 0) is 13.1 Å². The van der Waals surface area contributed by atoms with Crippen molar-refractivity contribution in [2.24, 2.45) is 0 Å². The number of nitrogen functional groups attached to an aromatic ring is 1. The van der Waals surface area contributed by atoms with Gasteiger partial charge in [-0.3, -0.25) is 9.58 Å². The quantitative estimate of drug-likeness (QED) is 0.793. The Kier molecular flexibility index (Phi) is 5.39. The highest BCUT2D eigenvalue weighted by atomic mass is 15.3. The second kappa shape index (κ2) is 7.27. The first-order valence-electron chi connectivity index (χ1n) is 7.73. The fraction of sp³-hybridized carbons (Fsp3) is 0.471. The molecule has 0 bridgehead atoms. The molecular weight excluding hydrogens is 260 g/mol. The van der Waals surface area contributed by atoms with Crippen LogP contribution >= 0.6 is 0 Å². The molecule has 2 aromatic rings. The SMILES string of the molecule is CCC(C)n1ccc(CN(CC)Cc2ccc(N)cc2)n1. The summed E-state index contributed by atoms with van der Waals surface area (Å²) in [6, 6.07) is 10.7. The Balaban J connectivity index is 1.98. The fourth-order valence-electron chi connectivity index (χ4n) is 2.28. The first kappa shape index (κ1) is 15.6. The molecule has 114 valence electrons. The molecule has 4 heteroatoms. The number of hydrogen-bond acceptors (Lipinski definition) is 3. The van der Waals surface area contributed by atoms with Crippen molar-refractivity contribution in [2.75, 3.05) is 12.3 Å². The molecule has 1 heterocycles. The standard InChI is InChI=1S/C17H26N4/c1-4-14(3)21-11-10-17(19-21)13-20(5-2)12-15-6-8-16(18)9-7-15/h6-11,14H,4-5,12-13,18H2,1-3H3. The average molecular weight is 286 g/mol. The Bertz CT molecular complexity index is 544. The van der Waals surface area contributed by atoms with Crippen molar-refractivity contribution < 1.29 is 0 Å². The van der Waals surface area contributed by atoms with Gasteiger partial charge in [0.25, 0.3) is 0 Å². The summed E-state index contributed by atoms with van der Waals surface area (Å²) in [7, 11) is 0. The highest BCUT2D eigenvalue weighted by Crippen LogP contribution is 2.13. The van der Waals surface area contributed by atoms with Crippen LogP contribution in [0.3, 0.4) is 0 Å². The van der Waals surface area contributed by atoms with Gasteiger partial charge in [0, 0.05) is 31.0 Å². The average Bonchev–Trinajstić information content (AvgIpc) is 2.96. The zero-order valence-electron chi connectivity index (χ0n) is 13.3. The Labute approximate surface area is 127 Å². The highest BCUT2D eigenvalue weighted by molar-refractivity contribution is 5.39. The van der Waals surface area contributed by atoms with E-state index in [0.29, 0.717) is 6.04 Å². The molecule has 4 nitrogen and oxygen atoms in total. The van der Waals surface area contributed by atoms with Crippen LogP contribution < -0.4 is 5.73 Å². The molecule has 0 saturated heterocycles. The lowest BCUT2D eigenvalue weighted by atomic mass is 10.2. The van der Waals surface area contributed by atoms with Crippen LogP contribution in [0.5, 0.6) is 0 Å². The lowest BCUT2D eigenvalue weighted by molar-refractivity contribution is 0.266. The molecule has 0 saturated carbocycles. The van der Waals surface area contributed by atoms with Crippen LogP contribution in [0.1, 0.15) is 44.5 Å². The van der Waals surface area contributed by atoms with Gasteiger partial charge in [-0.25, -0.2) is 0 Å². The Hall–Kier alpha value is -1.81. The summed E-state index contributed by atoms with van der Waals surface area (Å²) < 4.78 is 2.06. The summed E-state index contributed by atoms with van der Waals surface area (Å²) in [4.78, 5) is 2.38. The van der Waals surface area contributed by atoms with Gasteiger partial charge >= 0.3 is 0 Å². The summed E-state index contributed by atoms with van der Waals surface area (Å²) in [6.45, 7) is 9.37. The lowest BCUT2D eigenvalue weighted by Gasteiger charge is -2.19. The van der Waals surface area contributed by atoms with E-state index in [-0.39, 0.29) is 0 Å². The predicted molar refractivity (Wildman–Crippen MR) is 87.9 cm³/mol. The third-order valence-electron chi connectivity index (χ3n) is 3.92. The molecule has 0 aliphatic rings. The summed E-state index contributed by atoms with van der Waals surface area (Å²) in [5.74, 6) is 0. The molecule has 2 rings (SSSR count). The van der Waals surface area contributed by atoms with Crippen LogP contribution in [0.25, 0.3) is 0 Å². The minimum atomic E-state index is 0.464. The second-order valence-corrected chi connectivity index (χ2v) is 5.59. The van der Waals surface area contributed by atoms with E-state index in [1.807, 2.05) is 12.1 Å². The summed E-state index contributed by atoms with van der Waals surface area (Å²) >= 11 is 0. The van der Waals surface area contributed by atoms with Gasteiger partial charge < -0.3 is 5.73 Å². The van der Waals surface area contributed by atoms with Gasteiger partial charge in [0.15, 0.2) is 0 Å². The molecule has 1 unspecified atom stereocenters. The molecule has 0 fully saturated rings. The number of aromatic nitrogens is 2. The van der Waals surface area contributed by atoms with E-state index < -0.39 is 0 Å². The Morgan fingerprint density at radius 2 is 1.86 bits per heavy atom. The van der Waals surface area contributed by atoms with Crippen molar-refractivity contribution in [3.8, 4) is 0 Å². The zero-order valence-corrected chi connectivity index (χ0v) is 13.3. The smallest absolute Gasteiger partial charge is 0.0765 e. The van der Waals surface area contributed by atoms with E-state index >= 15 is 0 Å². The van der Waals surface area contributed by atoms with Crippen LogP contribution in [0.15, 0.2) is 36.5 Å². The van der Waals surface area contributed by atoms with E-state index in [2.05, 4.69) is 59.8 Å². The first-order chi connectivity index (χ1) is 10.1. The van der Waals surface area contributed by atoms with Gasteiger partial charge in [-0.15, -0.1) is 0 Å². The fourth-order valence-corrected chi connectivity index (χ4v) is 2.28. The molecule has 0 amide bonds. The minimum absolute atomic E-state index is 0.464. The van der Waals surface area contributed by atoms with E-state index in [0.717, 1.165) is 37.4 Å². The van der Waals surface area contributed by atoms with Gasteiger partial charge in [-0.1, -0.05) is 26.0 Å². The number of benzene rings is 1. The largest absolute Gasteiger partial charge is 0.399 e. The Morgan fingerprint density at radius 1 is 1.14 bits per heavy atom. The van der Waals surface area contributed by atoms with Crippen molar-refractivity contribution in [1.29, 1.82) is 0 Å². The molecule has 0 aliphatic carbocycles. The lowest BCUT2D eigenvalue weighted by Crippen LogP contribution is -2.22. The van der Waals surface area contributed by atoms with E-state index in [1.54, 1.807) is 0 Å². The topological polar surface area (TPSA) is 47.1 Å². The van der Waals surface area contributed by atoms with Gasteiger partial charge in [0.2, 0.25) is 0 Å². The molecular formula is C17H26N4. The first-order valence-corrected chi connectivity index (χ1v) is 7.73. The van der Waals surface area contributed by atoms with Crippen LogP contribution in [-0.4, -0.2) is 21.2 Å². The molecule has 0 radical (unpaired) electrons. The number of rotatable bonds is 7. The summed E-state index contributed by atoms with van der Waals surface area (Å²) in [5, 5.41) is 4.68. The van der Waals surface area contributed by atoms with Crippen LogP contribution in [0.2, 0.25) is 0 Å². The van der Waals surface area contributed by atoms with Crippen LogP contribution in [0.4, 0.5) is 5.69 Å². The van der Waals surface area contributed by atoms with Crippen molar-refractivity contribution in [3.63, 3.8) is 0 Å². The maximum Gasteiger partial charge on any atom is 0.0765 e. The third kappa shape index (κ3) is 4.33. The molecule has 0 spiro atoms. The van der Waals surface area contributed by atoms with Crippen molar-refractivity contribution >= 4 is 5.69 Å². The zero-order chi connectivity index (χ0) is 15.2. The molecule has 21 heavy (non-hydrogen) atoms. The molecule has 0 aliphatic heterocycles. The molecule has 1 aromatic heterocycles. The van der Waals surface area contributed by atoms with Crippen LogP contribution in [0, 0.1) is 0 Å². The number of anilines is 1. The van der Waals surface area contributed by atoms with E-state index in [9.17, 15) is 0 Å². The van der Waals surface area contributed by atoms with Crippen molar-refractivity contribution in [1.82, 2.24) is 14.7 Å². The van der Waals surface area contributed by atoms with Crippen molar-refractivity contribution in [2.45, 2.75) is 46.3 Å². The number of nitrogens with two attached hydrogens (primary N) is 1. The Morgan fingerprint density at radius 3 is 2.48 bits per heavy atom. The normalized spacial score (nSPS) is 12.8. The predicted octanol–water partition coefficient (Wildman–Crippen LogP) is 3.46. The maximum atomic E-state index is 5.73. The monoisotopic (exact) mass is 286 g/mol. The minimum Gasteiger partial charge on any atom is -0.399 e. The van der Waals surface area contributed by atoms with Gasteiger partial charge in [0.1, 0.15) is 0 Å². The maximum absolute atomic E-state index is 5.73. The third-order valence-corrected chi connectivity index (χ3v) is 3.92. The van der Waals surface area contributed by atoms with Gasteiger partial charge in [0.05, 0.1) is 5.69 Å². The van der Waals surface area contributed by atoms with Gasteiger partial charge in [-0.2, -0.15) is 5.10 Å². The molecule has 1 atom stereocenters. The van der Waals surface area contributed by atoms with E-state index in [1.165, 1.54) is 5.56 Å². The number of hydrogen-bond donors (Lipinski definition) is 1. The molecule has 1 aromatic carbocycles.